The molecule has 1 aliphatic carbocycles. The molecule has 1 aromatic rings. The average molecular weight is 252 g/mol. The third kappa shape index (κ3) is 2.46. The van der Waals surface area contributed by atoms with Gasteiger partial charge in [0.15, 0.2) is 0 Å². The van der Waals surface area contributed by atoms with E-state index in [0.717, 1.165) is 37.1 Å². The number of piperazine rings is 1. The molecule has 0 bridgehead atoms. The number of aromatic nitrogens is 1. The minimum atomic E-state index is 0.507. The molecule has 2 heterocycles. The third-order valence-corrected chi connectivity index (χ3v) is 4.05. The lowest BCUT2D eigenvalue weighted by molar-refractivity contribution is 0.156. The molecule has 0 spiro atoms. The van der Waals surface area contributed by atoms with Gasteiger partial charge in [-0.15, -0.1) is 0 Å². The molecule has 2 aliphatic rings. The first kappa shape index (κ1) is 11.5. The van der Waals surface area contributed by atoms with E-state index in [1.165, 1.54) is 18.4 Å². The normalized spacial score (nSPS) is 23.6. The van der Waals surface area contributed by atoms with Crippen LogP contribution in [0.15, 0.2) is 18.5 Å². The number of rotatable bonds is 3. The zero-order chi connectivity index (χ0) is 11.7. The topological polar surface area (TPSA) is 28.2 Å². The van der Waals surface area contributed by atoms with Crippen LogP contribution in [0.1, 0.15) is 24.4 Å². The van der Waals surface area contributed by atoms with Gasteiger partial charge in [-0.05, 0) is 30.4 Å². The van der Waals surface area contributed by atoms with Gasteiger partial charge in [0.25, 0.3) is 0 Å². The summed E-state index contributed by atoms with van der Waals surface area (Å²) in [6, 6.07) is 2.60. The number of halogens is 1. The van der Waals surface area contributed by atoms with Crippen LogP contribution in [-0.2, 0) is 0 Å². The van der Waals surface area contributed by atoms with Crippen LogP contribution in [0.5, 0.6) is 0 Å². The minimum Gasteiger partial charge on any atom is -0.314 e. The van der Waals surface area contributed by atoms with E-state index >= 15 is 0 Å². The van der Waals surface area contributed by atoms with E-state index in [2.05, 4.69) is 21.3 Å². The second-order valence-corrected chi connectivity index (χ2v) is 5.37. The van der Waals surface area contributed by atoms with Crippen LogP contribution in [0.3, 0.4) is 0 Å². The molecule has 0 aromatic carbocycles. The zero-order valence-electron chi connectivity index (χ0n) is 9.90. The number of pyridine rings is 1. The lowest BCUT2D eigenvalue weighted by Gasteiger charge is -2.35. The summed E-state index contributed by atoms with van der Waals surface area (Å²) in [5.41, 5.74) is 1.27. The van der Waals surface area contributed by atoms with Gasteiger partial charge in [0.2, 0.25) is 0 Å². The number of nitrogens with zero attached hydrogens (tertiary/aromatic N) is 2. The smallest absolute Gasteiger partial charge is 0.0637 e. The Hall–Kier alpha value is -0.640. The molecule has 92 valence electrons. The molecule has 3 rings (SSSR count). The van der Waals surface area contributed by atoms with Crippen LogP contribution >= 0.6 is 11.6 Å². The quantitative estimate of drug-likeness (QED) is 0.892. The Kier molecular flexibility index (Phi) is 3.32. The van der Waals surface area contributed by atoms with Crippen molar-refractivity contribution in [3.8, 4) is 0 Å². The molecule has 17 heavy (non-hydrogen) atoms. The highest BCUT2D eigenvalue weighted by molar-refractivity contribution is 6.31. The van der Waals surface area contributed by atoms with Crippen LogP contribution in [0.2, 0.25) is 5.02 Å². The number of hydrogen-bond donors (Lipinski definition) is 1. The van der Waals surface area contributed by atoms with Crippen LogP contribution in [-0.4, -0.2) is 36.1 Å². The fourth-order valence-corrected chi connectivity index (χ4v) is 2.98. The first-order chi connectivity index (χ1) is 8.36. The first-order valence-corrected chi connectivity index (χ1v) is 6.78. The summed E-state index contributed by atoms with van der Waals surface area (Å²) in [6.45, 7) is 4.43. The summed E-state index contributed by atoms with van der Waals surface area (Å²) in [5.74, 6) is 0.799. The maximum Gasteiger partial charge on any atom is 0.0637 e. The Balaban J connectivity index is 1.86. The molecule has 4 heteroatoms. The van der Waals surface area contributed by atoms with Gasteiger partial charge in [0, 0.05) is 44.6 Å². The van der Waals surface area contributed by atoms with Crippen molar-refractivity contribution in [1.29, 1.82) is 0 Å². The third-order valence-electron chi connectivity index (χ3n) is 3.74. The molecule has 1 aromatic heterocycles. The Morgan fingerprint density at radius 1 is 1.35 bits per heavy atom. The molecular formula is C13H18ClN3. The molecule has 1 atom stereocenters. The van der Waals surface area contributed by atoms with Gasteiger partial charge >= 0.3 is 0 Å². The SMILES string of the molecule is Clc1cnccc1[C@H](C1CC1)N1CCNCC1. The second kappa shape index (κ2) is 4.92. The molecule has 1 saturated heterocycles. The summed E-state index contributed by atoms with van der Waals surface area (Å²) in [6.07, 6.45) is 6.31. The summed E-state index contributed by atoms with van der Waals surface area (Å²) in [7, 11) is 0. The van der Waals surface area contributed by atoms with E-state index in [1.54, 1.807) is 6.20 Å². The van der Waals surface area contributed by atoms with E-state index < -0.39 is 0 Å². The Bertz CT molecular complexity index is 386. The molecular weight excluding hydrogens is 234 g/mol. The second-order valence-electron chi connectivity index (χ2n) is 4.97. The van der Waals surface area contributed by atoms with Crippen molar-refractivity contribution in [2.24, 2.45) is 5.92 Å². The monoisotopic (exact) mass is 251 g/mol. The van der Waals surface area contributed by atoms with Crippen LogP contribution < -0.4 is 5.32 Å². The fourth-order valence-electron chi connectivity index (χ4n) is 2.75. The predicted molar refractivity (Wildman–Crippen MR) is 69.2 cm³/mol. The van der Waals surface area contributed by atoms with Gasteiger partial charge in [-0.3, -0.25) is 9.88 Å². The Labute approximate surface area is 107 Å². The lowest BCUT2D eigenvalue weighted by atomic mass is 10.0. The summed E-state index contributed by atoms with van der Waals surface area (Å²) < 4.78 is 0. The minimum absolute atomic E-state index is 0.507. The van der Waals surface area contributed by atoms with Gasteiger partial charge in [-0.2, -0.15) is 0 Å². The van der Waals surface area contributed by atoms with Crippen molar-refractivity contribution in [3.63, 3.8) is 0 Å². The van der Waals surface area contributed by atoms with Gasteiger partial charge < -0.3 is 5.32 Å². The molecule has 1 N–H and O–H groups in total. The largest absolute Gasteiger partial charge is 0.314 e. The van der Waals surface area contributed by atoms with Crippen molar-refractivity contribution in [3.05, 3.63) is 29.0 Å². The zero-order valence-corrected chi connectivity index (χ0v) is 10.7. The summed E-state index contributed by atoms with van der Waals surface area (Å²) in [4.78, 5) is 6.67. The van der Waals surface area contributed by atoms with Gasteiger partial charge in [-0.25, -0.2) is 0 Å². The molecule has 0 amide bonds. The average Bonchev–Trinajstić information content (AvgIpc) is 3.18. The van der Waals surface area contributed by atoms with Gasteiger partial charge in [0.1, 0.15) is 0 Å². The van der Waals surface area contributed by atoms with E-state index in [-0.39, 0.29) is 0 Å². The highest BCUT2D eigenvalue weighted by Gasteiger charge is 2.37. The van der Waals surface area contributed by atoms with Crippen LogP contribution in [0.4, 0.5) is 0 Å². The van der Waals surface area contributed by atoms with E-state index in [9.17, 15) is 0 Å². The Morgan fingerprint density at radius 3 is 2.76 bits per heavy atom. The van der Waals surface area contributed by atoms with Crippen LogP contribution in [0.25, 0.3) is 0 Å². The van der Waals surface area contributed by atoms with Gasteiger partial charge in [0.05, 0.1) is 5.02 Å². The maximum absolute atomic E-state index is 6.31. The summed E-state index contributed by atoms with van der Waals surface area (Å²) in [5, 5.41) is 4.23. The van der Waals surface area contributed by atoms with Crippen molar-refractivity contribution < 1.29 is 0 Å². The lowest BCUT2D eigenvalue weighted by Crippen LogP contribution is -2.45. The van der Waals surface area contributed by atoms with E-state index in [4.69, 9.17) is 11.6 Å². The first-order valence-electron chi connectivity index (χ1n) is 6.40. The van der Waals surface area contributed by atoms with Crippen molar-refractivity contribution in [2.45, 2.75) is 18.9 Å². The van der Waals surface area contributed by atoms with E-state index in [0.29, 0.717) is 6.04 Å². The van der Waals surface area contributed by atoms with Crippen molar-refractivity contribution in [1.82, 2.24) is 15.2 Å². The molecule has 1 aliphatic heterocycles. The highest BCUT2D eigenvalue weighted by Crippen LogP contribution is 2.46. The molecule has 0 unspecified atom stereocenters. The van der Waals surface area contributed by atoms with Gasteiger partial charge in [-0.1, -0.05) is 11.6 Å². The Morgan fingerprint density at radius 2 is 2.12 bits per heavy atom. The van der Waals surface area contributed by atoms with Crippen LogP contribution in [0, 0.1) is 5.92 Å². The molecule has 3 nitrogen and oxygen atoms in total. The maximum atomic E-state index is 6.31. The number of nitrogens with one attached hydrogen (secondary N) is 1. The highest BCUT2D eigenvalue weighted by atomic mass is 35.5. The standard InChI is InChI=1S/C13H18ClN3/c14-12-9-16-4-3-11(12)13(10-1-2-10)17-7-5-15-6-8-17/h3-4,9-10,13,15H,1-2,5-8H2/t13-/m0/s1. The van der Waals surface area contributed by atoms with Crippen molar-refractivity contribution in [2.75, 3.05) is 26.2 Å². The molecule has 1 saturated carbocycles. The predicted octanol–water partition coefficient (Wildman–Crippen LogP) is 2.09. The fraction of sp³-hybridized carbons (Fsp3) is 0.615. The number of hydrogen-bond acceptors (Lipinski definition) is 3. The summed E-state index contributed by atoms with van der Waals surface area (Å²) >= 11 is 6.31. The molecule has 0 radical (unpaired) electrons. The molecule has 2 fully saturated rings. The van der Waals surface area contributed by atoms with E-state index in [1.807, 2.05) is 6.20 Å². The van der Waals surface area contributed by atoms with Crippen molar-refractivity contribution >= 4 is 11.6 Å².